The second-order valence-corrected chi connectivity index (χ2v) is 10.8. The number of thiazole rings is 1. The van der Waals surface area contributed by atoms with Crippen LogP contribution in [-0.2, 0) is 10.0 Å². The maximum Gasteiger partial charge on any atom is 0.253 e. The minimum Gasteiger partial charge on any atom is -0.339 e. The number of rotatable bonds is 4. The first-order valence-corrected chi connectivity index (χ1v) is 12.5. The summed E-state index contributed by atoms with van der Waals surface area (Å²) in [6, 6.07) is 9.14. The summed E-state index contributed by atoms with van der Waals surface area (Å²) in [6.45, 7) is 0.868. The van der Waals surface area contributed by atoms with Gasteiger partial charge in [0, 0.05) is 49.6 Å². The molecule has 1 saturated heterocycles. The number of aromatic nitrogens is 2. The van der Waals surface area contributed by atoms with Crippen LogP contribution < -0.4 is 0 Å². The molecule has 1 aliphatic heterocycles. The van der Waals surface area contributed by atoms with Gasteiger partial charge in [0.05, 0.1) is 16.5 Å². The molecule has 7 nitrogen and oxygen atoms in total. The Bertz CT molecular complexity index is 1200. The van der Waals surface area contributed by atoms with E-state index in [0.717, 1.165) is 20.8 Å². The lowest BCUT2D eigenvalue weighted by Crippen LogP contribution is -2.47. The zero-order chi connectivity index (χ0) is 21.5. The summed E-state index contributed by atoms with van der Waals surface area (Å²) in [5.74, 6) is -0.0829. The molecule has 1 aromatic carbocycles. The minimum atomic E-state index is -3.19. The molecule has 4 rings (SSSR count). The van der Waals surface area contributed by atoms with Crippen molar-refractivity contribution in [3.8, 4) is 10.6 Å². The first-order valence-electron chi connectivity index (χ1n) is 9.47. The number of piperidine rings is 1. The number of halogens is 1. The Labute approximate surface area is 184 Å². The lowest BCUT2D eigenvalue weighted by Gasteiger charge is -2.35. The van der Waals surface area contributed by atoms with Gasteiger partial charge in [-0.25, -0.2) is 22.7 Å². The molecule has 158 valence electrons. The molecule has 0 bridgehead atoms. The van der Waals surface area contributed by atoms with Crippen molar-refractivity contribution in [2.45, 2.75) is 18.9 Å². The topological polar surface area (TPSA) is 83.5 Å². The highest BCUT2D eigenvalue weighted by molar-refractivity contribution is 7.88. The molecule has 1 aliphatic rings. The van der Waals surface area contributed by atoms with E-state index in [-0.39, 0.29) is 11.9 Å². The van der Waals surface area contributed by atoms with E-state index in [2.05, 4.69) is 9.97 Å². The van der Waals surface area contributed by atoms with E-state index in [1.165, 1.54) is 21.9 Å². The van der Waals surface area contributed by atoms with Gasteiger partial charge in [-0.05, 0) is 25.0 Å². The molecular formula is C20H21ClN4O3S2. The molecule has 2 aromatic heterocycles. The second kappa shape index (κ2) is 8.22. The summed E-state index contributed by atoms with van der Waals surface area (Å²) in [7, 11) is -1.41. The van der Waals surface area contributed by atoms with Crippen LogP contribution in [0, 0.1) is 0 Å². The van der Waals surface area contributed by atoms with Crippen molar-refractivity contribution in [2.24, 2.45) is 0 Å². The summed E-state index contributed by atoms with van der Waals surface area (Å²) in [5.41, 5.74) is 2.22. The number of benzene rings is 1. The highest BCUT2D eigenvalue weighted by Gasteiger charge is 2.29. The monoisotopic (exact) mass is 464 g/mol. The molecule has 0 unspecified atom stereocenters. The van der Waals surface area contributed by atoms with E-state index < -0.39 is 10.0 Å². The molecule has 1 amide bonds. The molecule has 0 spiro atoms. The number of amides is 1. The van der Waals surface area contributed by atoms with Crippen molar-refractivity contribution in [2.75, 3.05) is 26.4 Å². The quantitative estimate of drug-likeness (QED) is 0.552. The van der Waals surface area contributed by atoms with Crippen molar-refractivity contribution in [1.82, 2.24) is 19.2 Å². The molecule has 0 saturated carbocycles. The van der Waals surface area contributed by atoms with Gasteiger partial charge in [0.25, 0.3) is 5.91 Å². The highest BCUT2D eigenvalue weighted by Crippen LogP contribution is 2.31. The average Bonchev–Trinajstić information content (AvgIpc) is 3.15. The number of hydrogen-bond acceptors (Lipinski definition) is 6. The van der Waals surface area contributed by atoms with Gasteiger partial charge < -0.3 is 4.90 Å². The molecule has 1 fully saturated rings. The fourth-order valence-corrected chi connectivity index (χ4v) is 5.59. The molecule has 0 radical (unpaired) electrons. The normalized spacial score (nSPS) is 16.1. The average molecular weight is 465 g/mol. The number of fused-ring (bicyclic) bond motifs is 1. The number of pyridine rings is 1. The van der Waals surface area contributed by atoms with Crippen molar-refractivity contribution in [1.29, 1.82) is 0 Å². The molecule has 30 heavy (non-hydrogen) atoms. The van der Waals surface area contributed by atoms with Gasteiger partial charge in [-0.3, -0.25) is 4.79 Å². The first kappa shape index (κ1) is 21.2. The lowest BCUT2D eigenvalue weighted by atomic mass is 10.0. The van der Waals surface area contributed by atoms with Crippen LogP contribution in [0.4, 0.5) is 0 Å². The summed E-state index contributed by atoms with van der Waals surface area (Å²) in [4.78, 5) is 23.5. The predicted molar refractivity (Wildman–Crippen MR) is 119 cm³/mol. The second-order valence-electron chi connectivity index (χ2n) is 7.38. The number of carbonyl (C=O) groups is 1. The van der Waals surface area contributed by atoms with Crippen LogP contribution in [0.3, 0.4) is 0 Å². The van der Waals surface area contributed by atoms with Crippen LogP contribution in [0.15, 0.2) is 36.5 Å². The predicted octanol–water partition coefficient (Wildman–Crippen LogP) is 3.51. The van der Waals surface area contributed by atoms with Gasteiger partial charge in [0.2, 0.25) is 10.0 Å². The third kappa shape index (κ3) is 4.34. The standard InChI is InChI=1S/C20H21ClN4O3S2/c1-24(15-6-8-25(9-7-15)30(2,27)28)20(26)14-5-3-4-13(10-14)19-23-16-11-18(21)22-12-17(16)29-19/h3-5,10-12,15H,6-9H2,1-2H3. The number of sulfonamides is 1. The number of carbonyl (C=O) groups excluding carboxylic acids is 1. The Hall–Kier alpha value is -2.07. The molecule has 3 heterocycles. The van der Waals surface area contributed by atoms with E-state index >= 15 is 0 Å². The van der Waals surface area contributed by atoms with Gasteiger partial charge in [-0.2, -0.15) is 0 Å². The van der Waals surface area contributed by atoms with Gasteiger partial charge >= 0.3 is 0 Å². The zero-order valence-electron chi connectivity index (χ0n) is 16.6. The maximum absolute atomic E-state index is 13.1. The lowest BCUT2D eigenvalue weighted by molar-refractivity contribution is 0.0682. The number of nitrogens with zero attached hydrogens (tertiary/aromatic N) is 4. The van der Waals surface area contributed by atoms with Crippen LogP contribution in [-0.4, -0.2) is 65.9 Å². The Morgan fingerprint density at radius 2 is 2.00 bits per heavy atom. The van der Waals surface area contributed by atoms with Crippen LogP contribution in [0.25, 0.3) is 20.8 Å². The van der Waals surface area contributed by atoms with Crippen molar-refractivity contribution in [3.63, 3.8) is 0 Å². The van der Waals surface area contributed by atoms with Gasteiger partial charge in [0.1, 0.15) is 10.2 Å². The van der Waals surface area contributed by atoms with Gasteiger partial charge in [-0.15, -0.1) is 11.3 Å². The van der Waals surface area contributed by atoms with Gasteiger partial charge in [-0.1, -0.05) is 23.7 Å². The van der Waals surface area contributed by atoms with Crippen molar-refractivity contribution >= 4 is 49.1 Å². The summed E-state index contributed by atoms with van der Waals surface area (Å²) in [5, 5.41) is 1.19. The third-order valence-corrected chi connectivity index (χ3v) is 7.92. The zero-order valence-corrected chi connectivity index (χ0v) is 19.0. The van der Waals surface area contributed by atoms with Crippen molar-refractivity contribution in [3.05, 3.63) is 47.2 Å². The molecule has 0 aliphatic carbocycles. The Balaban J connectivity index is 1.52. The molecule has 0 N–H and O–H groups in total. The summed E-state index contributed by atoms with van der Waals surface area (Å²) >= 11 is 7.45. The van der Waals surface area contributed by atoms with Crippen LogP contribution in [0.5, 0.6) is 0 Å². The molecular weight excluding hydrogens is 444 g/mol. The molecule has 10 heteroatoms. The fraction of sp³-hybridized carbons (Fsp3) is 0.350. The molecule has 3 aromatic rings. The fourth-order valence-electron chi connectivity index (χ4n) is 3.65. The van der Waals surface area contributed by atoms with E-state index in [1.807, 2.05) is 18.2 Å². The number of hydrogen-bond donors (Lipinski definition) is 0. The maximum atomic E-state index is 13.1. The first-order chi connectivity index (χ1) is 14.2. The Kier molecular flexibility index (Phi) is 5.80. The van der Waals surface area contributed by atoms with Crippen LogP contribution in [0.1, 0.15) is 23.2 Å². The largest absolute Gasteiger partial charge is 0.339 e. The Morgan fingerprint density at radius 1 is 1.27 bits per heavy atom. The minimum absolute atomic E-state index is 0.00910. The van der Waals surface area contributed by atoms with E-state index in [1.54, 1.807) is 30.3 Å². The highest BCUT2D eigenvalue weighted by atomic mass is 35.5. The third-order valence-electron chi connectivity index (χ3n) is 5.36. The van der Waals surface area contributed by atoms with Crippen molar-refractivity contribution < 1.29 is 13.2 Å². The van der Waals surface area contributed by atoms with E-state index in [9.17, 15) is 13.2 Å². The smallest absolute Gasteiger partial charge is 0.253 e. The van der Waals surface area contributed by atoms with Crippen LogP contribution in [0.2, 0.25) is 5.15 Å². The van der Waals surface area contributed by atoms with E-state index in [4.69, 9.17) is 11.6 Å². The summed E-state index contributed by atoms with van der Waals surface area (Å²) < 4.78 is 25.8. The molecule has 0 atom stereocenters. The SMILES string of the molecule is CN(C(=O)c1cccc(-c2nc3cc(Cl)ncc3s2)c1)C1CCN(S(C)(=O)=O)CC1. The van der Waals surface area contributed by atoms with Crippen LogP contribution >= 0.6 is 22.9 Å². The van der Waals surface area contributed by atoms with E-state index in [0.29, 0.717) is 36.6 Å². The summed E-state index contributed by atoms with van der Waals surface area (Å²) in [6.07, 6.45) is 4.17. The van der Waals surface area contributed by atoms with Gasteiger partial charge in [0.15, 0.2) is 0 Å². The Morgan fingerprint density at radius 3 is 2.70 bits per heavy atom.